The summed E-state index contributed by atoms with van der Waals surface area (Å²) in [6, 6.07) is 0. The molecule has 1 aromatic heterocycles. The summed E-state index contributed by atoms with van der Waals surface area (Å²) in [5, 5.41) is 10.4. The lowest BCUT2D eigenvalue weighted by molar-refractivity contribution is 0.176. The number of likely N-dealkylation sites (tertiary alicyclic amines) is 2. The van der Waals surface area contributed by atoms with E-state index in [1.165, 1.54) is 75.5 Å². The van der Waals surface area contributed by atoms with Crippen molar-refractivity contribution in [2.45, 2.75) is 52.5 Å². The molecule has 0 saturated carbocycles. The fourth-order valence-corrected chi connectivity index (χ4v) is 4.92. The smallest absolute Gasteiger partial charge is 0.190 e. The predicted molar refractivity (Wildman–Crippen MR) is 139 cm³/mol. The lowest BCUT2D eigenvalue weighted by atomic mass is 9.97. The highest BCUT2D eigenvalue weighted by Crippen LogP contribution is 2.19. The number of hydrogen-bond donors (Lipinski definition) is 2. The van der Waals surface area contributed by atoms with Crippen molar-refractivity contribution in [1.82, 2.24) is 25.4 Å². The van der Waals surface area contributed by atoms with Gasteiger partial charge in [-0.25, -0.2) is 4.98 Å². The van der Waals surface area contributed by atoms with Gasteiger partial charge in [0.2, 0.25) is 0 Å². The molecule has 0 amide bonds. The van der Waals surface area contributed by atoms with Gasteiger partial charge in [-0.2, -0.15) is 0 Å². The number of halogens is 1. The van der Waals surface area contributed by atoms with Crippen LogP contribution in [0.15, 0.2) is 10.4 Å². The quantitative estimate of drug-likeness (QED) is 0.225. The second-order valence-corrected chi connectivity index (χ2v) is 9.90. The molecule has 2 fully saturated rings. The van der Waals surface area contributed by atoms with Crippen molar-refractivity contribution in [3.05, 3.63) is 16.1 Å². The van der Waals surface area contributed by atoms with Crippen LogP contribution in [0.5, 0.6) is 0 Å². The SMILES string of the molecule is CN=C(NCCCN1CCC(C)CC1)NCC1CCN(Cc2csc(C)n2)CC1.I. The van der Waals surface area contributed by atoms with Crippen molar-refractivity contribution in [1.29, 1.82) is 0 Å². The van der Waals surface area contributed by atoms with Gasteiger partial charge in [-0.1, -0.05) is 6.92 Å². The summed E-state index contributed by atoms with van der Waals surface area (Å²) in [6.45, 7) is 13.6. The maximum absolute atomic E-state index is 4.60. The molecule has 6 nitrogen and oxygen atoms in total. The molecule has 8 heteroatoms. The molecule has 0 bridgehead atoms. The van der Waals surface area contributed by atoms with Crippen LogP contribution in [0.2, 0.25) is 0 Å². The third kappa shape index (κ3) is 8.96. The zero-order chi connectivity index (χ0) is 20.5. The lowest BCUT2D eigenvalue weighted by Crippen LogP contribution is -2.43. The van der Waals surface area contributed by atoms with E-state index in [-0.39, 0.29) is 24.0 Å². The van der Waals surface area contributed by atoms with E-state index in [4.69, 9.17) is 0 Å². The summed E-state index contributed by atoms with van der Waals surface area (Å²) >= 11 is 1.75. The number of piperidine rings is 2. The summed E-state index contributed by atoms with van der Waals surface area (Å²) in [5.41, 5.74) is 1.23. The molecule has 2 saturated heterocycles. The van der Waals surface area contributed by atoms with Gasteiger partial charge in [0.1, 0.15) is 0 Å². The molecule has 1 aromatic rings. The van der Waals surface area contributed by atoms with E-state index in [9.17, 15) is 0 Å². The van der Waals surface area contributed by atoms with E-state index in [2.05, 4.69) is 49.6 Å². The van der Waals surface area contributed by atoms with Crippen molar-refractivity contribution >= 4 is 41.3 Å². The van der Waals surface area contributed by atoms with E-state index >= 15 is 0 Å². The number of rotatable bonds is 8. The molecule has 2 aliphatic rings. The summed E-state index contributed by atoms with van der Waals surface area (Å²) in [4.78, 5) is 14.2. The Morgan fingerprint density at radius 2 is 1.83 bits per heavy atom. The van der Waals surface area contributed by atoms with Crippen LogP contribution in [0.25, 0.3) is 0 Å². The first kappa shape index (κ1) is 25.8. The van der Waals surface area contributed by atoms with Gasteiger partial charge in [0.05, 0.1) is 10.7 Å². The normalized spacial score (nSPS) is 20.2. The van der Waals surface area contributed by atoms with Gasteiger partial charge in [-0.15, -0.1) is 35.3 Å². The van der Waals surface area contributed by atoms with Crippen LogP contribution in [0.3, 0.4) is 0 Å². The number of aliphatic imine (C=N–C) groups is 1. The monoisotopic (exact) mass is 548 g/mol. The molecular weight excluding hydrogens is 507 g/mol. The minimum absolute atomic E-state index is 0. The number of aromatic nitrogens is 1. The zero-order valence-corrected chi connectivity index (χ0v) is 22.2. The first-order valence-corrected chi connectivity index (χ1v) is 12.3. The largest absolute Gasteiger partial charge is 0.356 e. The third-order valence-electron chi connectivity index (χ3n) is 6.36. The van der Waals surface area contributed by atoms with E-state index in [1.54, 1.807) is 11.3 Å². The molecule has 0 aliphatic carbocycles. The maximum Gasteiger partial charge on any atom is 0.190 e. The highest BCUT2D eigenvalue weighted by atomic mass is 127. The van der Waals surface area contributed by atoms with Gasteiger partial charge < -0.3 is 15.5 Å². The van der Waals surface area contributed by atoms with Crippen molar-refractivity contribution in [3.63, 3.8) is 0 Å². The van der Waals surface area contributed by atoms with Crippen LogP contribution in [0.1, 0.15) is 49.7 Å². The molecule has 2 N–H and O–H groups in total. The second-order valence-electron chi connectivity index (χ2n) is 8.83. The van der Waals surface area contributed by atoms with Crippen LogP contribution in [0.4, 0.5) is 0 Å². The third-order valence-corrected chi connectivity index (χ3v) is 7.18. The van der Waals surface area contributed by atoms with Crippen LogP contribution in [-0.4, -0.2) is 73.6 Å². The zero-order valence-electron chi connectivity index (χ0n) is 19.0. The Labute approximate surface area is 204 Å². The second kappa shape index (κ2) is 13.9. The fourth-order valence-electron chi connectivity index (χ4n) is 4.32. The molecule has 0 aromatic carbocycles. The fraction of sp³-hybridized carbons (Fsp3) is 0.818. The standard InChI is InChI=1S/C22H40N6S.HI/c1-18-5-11-27(12-6-18)10-4-9-24-22(23-3)25-15-20-7-13-28(14-8-20)16-21-17-29-19(2)26-21;/h17-18,20H,4-16H2,1-3H3,(H2,23,24,25);1H. The van der Waals surface area contributed by atoms with Gasteiger partial charge in [0, 0.05) is 32.1 Å². The van der Waals surface area contributed by atoms with Crippen LogP contribution in [0, 0.1) is 18.8 Å². The van der Waals surface area contributed by atoms with Crippen molar-refractivity contribution in [2.75, 3.05) is 52.9 Å². The van der Waals surface area contributed by atoms with E-state index in [0.717, 1.165) is 37.4 Å². The molecular formula is C22H41IN6S. The molecule has 0 radical (unpaired) electrons. The summed E-state index contributed by atoms with van der Waals surface area (Å²) < 4.78 is 0. The van der Waals surface area contributed by atoms with E-state index in [1.807, 2.05) is 7.05 Å². The number of hydrogen-bond acceptors (Lipinski definition) is 5. The average Bonchev–Trinajstić information content (AvgIpc) is 3.14. The predicted octanol–water partition coefficient (Wildman–Crippen LogP) is 3.57. The van der Waals surface area contributed by atoms with Crippen LogP contribution >= 0.6 is 35.3 Å². The lowest BCUT2D eigenvalue weighted by Gasteiger charge is -2.32. The Balaban J connectivity index is 0.00000320. The highest BCUT2D eigenvalue weighted by Gasteiger charge is 2.20. The summed E-state index contributed by atoms with van der Waals surface area (Å²) in [6.07, 6.45) is 6.41. The Morgan fingerprint density at radius 3 is 2.47 bits per heavy atom. The van der Waals surface area contributed by atoms with Gasteiger partial charge in [-0.3, -0.25) is 9.89 Å². The van der Waals surface area contributed by atoms with E-state index in [0.29, 0.717) is 0 Å². The molecule has 30 heavy (non-hydrogen) atoms. The maximum atomic E-state index is 4.60. The number of aryl methyl sites for hydroxylation is 1. The Hall–Kier alpha value is -0.450. The number of nitrogens with one attached hydrogen (secondary N) is 2. The van der Waals surface area contributed by atoms with Gasteiger partial charge in [-0.05, 0) is 83.6 Å². The molecule has 3 rings (SSSR count). The van der Waals surface area contributed by atoms with Gasteiger partial charge >= 0.3 is 0 Å². The Bertz CT molecular complexity index is 621. The van der Waals surface area contributed by atoms with Crippen LogP contribution < -0.4 is 10.6 Å². The topological polar surface area (TPSA) is 55.8 Å². The minimum atomic E-state index is 0. The Kier molecular flexibility index (Phi) is 11.9. The molecule has 2 aliphatic heterocycles. The minimum Gasteiger partial charge on any atom is -0.356 e. The molecule has 3 heterocycles. The molecule has 172 valence electrons. The number of nitrogens with zero attached hydrogens (tertiary/aromatic N) is 4. The summed E-state index contributed by atoms with van der Waals surface area (Å²) in [7, 11) is 1.87. The van der Waals surface area contributed by atoms with Crippen molar-refractivity contribution in [2.24, 2.45) is 16.8 Å². The van der Waals surface area contributed by atoms with E-state index < -0.39 is 0 Å². The van der Waals surface area contributed by atoms with Crippen LogP contribution in [-0.2, 0) is 6.54 Å². The number of guanidine groups is 1. The first-order valence-electron chi connectivity index (χ1n) is 11.4. The van der Waals surface area contributed by atoms with Gasteiger partial charge in [0.15, 0.2) is 5.96 Å². The number of thiazole rings is 1. The molecule has 0 spiro atoms. The van der Waals surface area contributed by atoms with Gasteiger partial charge in [0.25, 0.3) is 0 Å². The first-order chi connectivity index (χ1) is 14.1. The Morgan fingerprint density at radius 1 is 1.13 bits per heavy atom. The highest BCUT2D eigenvalue weighted by molar-refractivity contribution is 14.0. The van der Waals surface area contributed by atoms with Crippen molar-refractivity contribution < 1.29 is 0 Å². The molecule has 0 atom stereocenters. The van der Waals surface area contributed by atoms with Crippen molar-refractivity contribution in [3.8, 4) is 0 Å². The average molecular weight is 549 g/mol. The summed E-state index contributed by atoms with van der Waals surface area (Å²) in [5.74, 6) is 2.60. The molecule has 0 unspecified atom stereocenters.